The van der Waals surface area contributed by atoms with Gasteiger partial charge in [-0.1, -0.05) is 0 Å². The summed E-state index contributed by atoms with van der Waals surface area (Å²) < 4.78 is 1.33. The molecule has 0 radical (unpaired) electrons. The van der Waals surface area contributed by atoms with Crippen LogP contribution in [0.3, 0.4) is 0 Å². The van der Waals surface area contributed by atoms with E-state index < -0.39 is 11.1 Å². The summed E-state index contributed by atoms with van der Waals surface area (Å²) in [7, 11) is 1.56. The second kappa shape index (κ2) is 4.45. The first-order chi connectivity index (χ1) is 9.54. The van der Waals surface area contributed by atoms with Crippen LogP contribution in [-0.2, 0) is 7.05 Å². The van der Waals surface area contributed by atoms with Crippen LogP contribution in [0.15, 0.2) is 26.1 Å². The van der Waals surface area contributed by atoms with E-state index in [0.29, 0.717) is 16.2 Å². The van der Waals surface area contributed by atoms with Gasteiger partial charge in [0.25, 0.3) is 0 Å². The number of nitrogens with zero attached hydrogens (tertiary/aromatic N) is 5. The number of aryl methyl sites for hydroxylation is 1. The number of nitrogens with two attached hydrogens (primary N) is 1. The standard InChI is InChI=1S/C9H8N8O2S/c1-17-9(14-5(18)6(19)16-17)20-7-3-4(12-2-11-3)13-8(10)15-7/h2H,1H3,(H,16,19)(H3,10,11,12,13,15). The number of nitrogens with one attached hydrogen (secondary N) is 2. The van der Waals surface area contributed by atoms with Crippen molar-refractivity contribution in [2.45, 2.75) is 10.2 Å². The number of aromatic nitrogens is 7. The molecule has 0 unspecified atom stereocenters. The molecule has 20 heavy (non-hydrogen) atoms. The molecule has 0 amide bonds. The number of rotatable bonds is 2. The fourth-order valence-electron chi connectivity index (χ4n) is 1.53. The van der Waals surface area contributed by atoms with Gasteiger partial charge in [-0.05, 0) is 11.8 Å². The minimum absolute atomic E-state index is 0.0570. The van der Waals surface area contributed by atoms with Gasteiger partial charge in [0.1, 0.15) is 10.5 Å². The second-order valence-electron chi connectivity index (χ2n) is 3.79. The number of anilines is 1. The molecule has 0 bridgehead atoms. The predicted octanol–water partition coefficient (Wildman–Crippen LogP) is -1.13. The van der Waals surface area contributed by atoms with Crippen LogP contribution in [0.2, 0.25) is 0 Å². The quantitative estimate of drug-likeness (QED) is 0.397. The molecule has 0 atom stereocenters. The lowest BCUT2D eigenvalue weighted by atomic mass is 10.5. The Bertz CT molecular complexity index is 910. The smallest absolute Gasteiger partial charge is 0.339 e. The minimum Gasteiger partial charge on any atom is -0.368 e. The third-order valence-electron chi connectivity index (χ3n) is 2.41. The van der Waals surface area contributed by atoms with E-state index in [1.807, 2.05) is 0 Å². The predicted molar refractivity (Wildman–Crippen MR) is 70.3 cm³/mol. The monoisotopic (exact) mass is 292 g/mol. The Balaban J connectivity index is 2.14. The van der Waals surface area contributed by atoms with Gasteiger partial charge >= 0.3 is 11.1 Å². The van der Waals surface area contributed by atoms with Crippen molar-refractivity contribution in [1.29, 1.82) is 0 Å². The first-order valence-corrected chi connectivity index (χ1v) is 6.18. The maximum atomic E-state index is 11.3. The van der Waals surface area contributed by atoms with E-state index in [1.54, 1.807) is 7.05 Å². The topological polar surface area (TPSA) is 148 Å². The molecule has 0 spiro atoms. The number of nitrogen functional groups attached to an aromatic ring is 1. The zero-order valence-electron chi connectivity index (χ0n) is 10.1. The lowest BCUT2D eigenvalue weighted by molar-refractivity contribution is 0.596. The number of aromatic amines is 2. The summed E-state index contributed by atoms with van der Waals surface area (Å²) in [6.07, 6.45) is 1.46. The third-order valence-corrected chi connectivity index (χ3v) is 3.44. The van der Waals surface area contributed by atoms with Gasteiger partial charge in [0, 0.05) is 7.05 Å². The van der Waals surface area contributed by atoms with Crippen molar-refractivity contribution in [2.24, 2.45) is 7.05 Å². The Kier molecular flexibility index (Phi) is 2.75. The third kappa shape index (κ3) is 2.03. The van der Waals surface area contributed by atoms with Crippen molar-refractivity contribution in [1.82, 2.24) is 34.7 Å². The van der Waals surface area contributed by atoms with Crippen LogP contribution in [0, 0.1) is 0 Å². The highest BCUT2D eigenvalue weighted by atomic mass is 32.2. The zero-order chi connectivity index (χ0) is 14.3. The molecule has 102 valence electrons. The van der Waals surface area contributed by atoms with Crippen LogP contribution >= 0.6 is 11.8 Å². The lowest BCUT2D eigenvalue weighted by Crippen LogP contribution is -2.33. The number of hydrogen-bond donors (Lipinski definition) is 3. The summed E-state index contributed by atoms with van der Waals surface area (Å²) in [5.41, 5.74) is 4.93. The van der Waals surface area contributed by atoms with Crippen LogP contribution in [-0.4, -0.2) is 34.7 Å². The van der Waals surface area contributed by atoms with Crippen molar-refractivity contribution >= 4 is 28.9 Å². The van der Waals surface area contributed by atoms with Crippen molar-refractivity contribution < 1.29 is 0 Å². The largest absolute Gasteiger partial charge is 0.368 e. The van der Waals surface area contributed by atoms with Gasteiger partial charge in [0.05, 0.1) is 6.33 Å². The van der Waals surface area contributed by atoms with E-state index in [2.05, 4.69) is 30.0 Å². The molecule has 0 aliphatic carbocycles. The molecule has 0 aromatic carbocycles. The van der Waals surface area contributed by atoms with E-state index in [0.717, 1.165) is 11.8 Å². The summed E-state index contributed by atoms with van der Waals surface area (Å²) in [6.45, 7) is 0. The number of fused-ring (bicyclic) bond motifs is 1. The first-order valence-electron chi connectivity index (χ1n) is 5.36. The van der Waals surface area contributed by atoms with Gasteiger partial charge in [-0.2, -0.15) is 9.97 Å². The lowest BCUT2D eigenvalue weighted by Gasteiger charge is -2.05. The van der Waals surface area contributed by atoms with Crippen molar-refractivity contribution in [3.63, 3.8) is 0 Å². The average Bonchev–Trinajstić information content (AvgIpc) is 2.84. The fourth-order valence-corrected chi connectivity index (χ4v) is 2.41. The number of imidazole rings is 1. The van der Waals surface area contributed by atoms with Crippen molar-refractivity contribution in [3.8, 4) is 0 Å². The Morgan fingerprint density at radius 3 is 2.90 bits per heavy atom. The molecular weight excluding hydrogens is 284 g/mol. The Hall–Kier alpha value is -2.69. The van der Waals surface area contributed by atoms with E-state index >= 15 is 0 Å². The van der Waals surface area contributed by atoms with E-state index in [-0.39, 0.29) is 11.1 Å². The highest BCUT2D eigenvalue weighted by molar-refractivity contribution is 7.99. The first kappa shape index (κ1) is 12.3. The maximum Gasteiger partial charge on any atom is 0.339 e. The van der Waals surface area contributed by atoms with Crippen LogP contribution in [0.5, 0.6) is 0 Å². The van der Waals surface area contributed by atoms with Gasteiger partial charge in [0.2, 0.25) is 5.95 Å². The van der Waals surface area contributed by atoms with Crippen LogP contribution in [0.1, 0.15) is 0 Å². The minimum atomic E-state index is -0.867. The van der Waals surface area contributed by atoms with Gasteiger partial charge in [-0.25, -0.2) is 9.97 Å². The van der Waals surface area contributed by atoms with E-state index in [4.69, 9.17) is 5.73 Å². The molecule has 0 aliphatic rings. The highest BCUT2D eigenvalue weighted by Crippen LogP contribution is 2.27. The SMILES string of the molecule is Cn1[nH]c(=O)c(=O)nc1Sc1nc(N)nc2nc[nH]c12. The molecule has 3 aromatic heterocycles. The molecule has 0 aliphatic heterocycles. The van der Waals surface area contributed by atoms with E-state index in [9.17, 15) is 9.59 Å². The molecule has 4 N–H and O–H groups in total. The van der Waals surface area contributed by atoms with Gasteiger partial charge in [-0.3, -0.25) is 19.4 Å². The summed E-state index contributed by atoms with van der Waals surface area (Å²) >= 11 is 1.06. The van der Waals surface area contributed by atoms with Gasteiger partial charge in [-0.15, -0.1) is 0 Å². The summed E-state index contributed by atoms with van der Waals surface area (Å²) in [4.78, 5) is 41.0. The molecule has 0 fully saturated rings. The molecule has 3 heterocycles. The van der Waals surface area contributed by atoms with Crippen LogP contribution in [0.4, 0.5) is 5.95 Å². The summed E-state index contributed by atoms with van der Waals surface area (Å²) in [5, 5.41) is 3.07. The van der Waals surface area contributed by atoms with Gasteiger partial charge in [0.15, 0.2) is 10.8 Å². The van der Waals surface area contributed by atoms with Crippen molar-refractivity contribution in [2.75, 3.05) is 5.73 Å². The highest BCUT2D eigenvalue weighted by Gasteiger charge is 2.13. The maximum absolute atomic E-state index is 11.3. The number of H-pyrrole nitrogens is 2. The normalized spacial score (nSPS) is 11.1. The second-order valence-corrected chi connectivity index (χ2v) is 4.75. The Labute approximate surface area is 114 Å². The Morgan fingerprint density at radius 2 is 2.10 bits per heavy atom. The Morgan fingerprint density at radius 1 is 1.30 bits per heavy atom. The summed E-state index contributed by atoms with van der Waals surface area (Å²) in [6, 6.07) is 0. The van der Waals surface area contributed by atoms with Gasteiger partial charge < -0.3 is 10.7 Å². The molecule has 0 saturated carbocycles. The average molecular weight is 292 g/mol. The fraction of sp³-hybridized carbons (Fsp3) is 0.111. The van der Waals surface area contributed by atoms with Crippen molar-refractivity contribution in [3.05, 3.63) is 27.0 Å². The number of hydrogen-bond acceptors (Lipinski definition) is 8. The molecular formula is C9H8N8O2S. The molecule has 0 saturated heterocycles. The molecule has 3 rings (SSSR count). The molecule has 10 nitrogen and oxygen atoms in total. The zero-order valence-corrected chi connectivity index (χ0v) is 10.9. The summed E-state index contributed by atoms with van der Waals surface area (Å²) in [5.74, 6) is 0.0570. The molecule has 11 heteroatoms. The molecule has 3 aromatic rings. The van der Waals surface area contributed by atoms with E-state index in [1.165, 1.54) is 11.0 Å². The van der Waals surface area contributed by atoms with Crippen LogP contribution in [0.25, 0.3) is 11.2 Å². The van der Waals surface area contributed by atoms with Crippen LogP contribution < -0.4 is 16.9 Å².